The molecule has 154 valence electrons. The molecule has 1 aliphatic heterocycles. The monoisotopic (exact) mass is 427 g/mol. The van der Waals surface area contributed by atoms with Crippen molar-refractivity contribution in [2.75, 3.05) is 0 Å². The lowest BCUT2D eigenvalue weighted by Gasteiger charge is -2.25. The quantitative estimate of drug-likeness (QED) is 0.344. The Kier molecular flexibility index (Phi) is 5.06. The fourth-order valence-electron chi connectivity index (χ4n) is 4.01. The maximum Gasteiger partial charge on any atom is 0.134 e. The molecule has 3 N–H and O–H groups in total. The number of hydrogen-bond donors (Lipinski definition) is 3. The molecule has 31 heavy (non-hydrogen) atoms. The molecule has 4 nitrogen and oxygen atoms in total. The number of fused-ring (bicyclic) bond motifs is 1. The average molecular weight is 428 g/mol. The highest BCUT2D eigenvalue weighted by atomic mass is 32.2. The van der Waals surface area contributed by atoms with E-state index in [-0.39, 0.29) is 23.3 Å². The number of rotatable bonds is 4. The van der Waals surface area contributed by atoms with Gasteiger partial charge in [0.05, 0.1) is 10.9 Å². The Morgan fingerprint density at radius 2 is 1.35 bits per heavy atom. The average Bonchev–Trinajstić information content (AvgIpc) is 3.14. The number of hydrogen-bond acceptors (Lipinski definition) is 5. The van der Waals surface area contributed by atoms with Crippen molar-refractivity contribution in [1.82, 2.24) is 4.31 Å². The first-order valence-electron chi connectivity index (χ1n) is 10.0. The van der Waals surface area contributed by atoms with Gasteiger partial charge in [0.25, 0.3) is 0 Å². The van der Waals surface area contributed by atoms with Crippen LogP contribution in [0.1, 0.15) is 22.7 Å². The van der Waals surface area contributed by atoms with Gasteiger partial charge in [-0.2, -0.15) is 0 Å². The van der Waals surface area contributed by atoms with Crippen LogP contribution in [0.25, 0.3) is 11.1 Å². The SMILES string of the molecule is Oc1ccc(-c2ccc(C3c4ccccc4CN3Sc3ccc(O)cc3O)cc2)cc1. The second kappa shape index (κ2) is 8.02. The first kappa shape index (κ1) is 19.5. The molecule has 1 unspecified atom stereocenters. The van der Waals surface area contributed by atoms with Crippen LogP contribution >= 0.6 is 11.9 Å². The summed E-state index contributed by atoms with van der Waals surface area (Å²) in [7, 11) is 0. The van der Waals surface area contributed by atoms with Gasteiger partial charge in [-0.15, -0.1) is 0 Å². The van der Waals surface area contributed by atoms with Gasteiger partial charge in [-0.25, -0.2) is 4.31 Å². The first-order valence-corrected chi connectivity index (χ1v) is 10.8. The van der Waals surface area contributed by atoms with E-state index in [4.69, 9.17) is 0 Å². The summed E-state index contributed by atoms with van der Waals surface area (Å²) >= 11 is 1.49. The summed E-state index contributed by atoms with van der Waals surface area (Å²) in [5.41, 5.74) is 5.83. The van der Waals surface area contributed by atoms with Crippen LogP contribution in [0.15, 0.2) is 95.9 Å². The van der Waals surface area contributed by atoms with Crippen molar-refractivity contribution < 1.29 is 15.3 Å². The smallest absolute Gasteiger partial charge is 0.134 e. The van der Waals surface area contributed by atoms with E-state index in [9.17, 15) is 15.3 Å². The highest BCUT2D eigenvalue weighted by Gasteiger charge is 2.32. The van der Waals surface area contributed by atoms with Crippen LogP contribution in [0.2, 0.25) is 0 Å². The van der Waals surface area contributed by atoms with Crippen LogP contribution in [0.3, 0.4) is 0 Å². The summed E-state index contributed by atoms with van der Waals surface area (Å²) in [4.78, 5) is 0.705. The molecule has 0 saturated heterocycles. The van der Waals surface area contributed by atoms with Gasteiger partial charge in [-0.1, -0.05) is 60.7 Å². The van der Waals surface area contributed by atoms with E-state index < -0.39 is 0 Å². The zero-order chi connectivity index (χ0) is 21.4. The van der Waals surface area contributed by atoms with Crippen molar-refractivity contribution in [3.05, 3.63) is 108 Å². The summed E-state index contributed by atoms with van der Waals surface area (Å²) in [6.45, 7) is 0.755. The molecular formula is C26H21NO3S. The fraction of sp³-hybridized carbons (Fsp3) is 0.0769. The van der Waals surface area contributed by atoms with E-state index in [0.29, 0.717) is 4.90 Å². The highest BCUT2D eigenvalue weighted by Crippen LogP contribution is 2.46. The molecule has 0 bridgehead atoms. The number of aromatic hydroxyl groups is 3. The molecule has 4 aromatic rings. The van der Waals surface area contributed by atoms with Gasteiger partial charge in [-0.05, 0) is 64.0 Å². The summed E-state index contributed by atoms with van der Waals surface area (Å²) in [5, 5.41) is 29.4. The third-order valence-corrected chi connectivity index (χ3v) is 6.67. The number of benzene rings is 4. The van der Waals surface area contributed by atoms with Crippen molar-refractivity contribution in [2.24, 2.45) is 0 Å². The van der Waals surface area contributed by atoms with Crippen molar-refractivity contribution in [3.8, 4) is 28.4 Å². The molecule has 1 aliphatic rings. The topological polar surface area (TPSA) is 63.9 Å². The van der Waals surface area contributed by atoms with Crippen LogP contribution in [0.5, 0.6) is 17.2 Å². The Hall–Kier alpha value is -3.41. The Balaban J connectivity index is 1.48. The Morgan fingerprint density at radius 1 is 0.710 bits per heavy atom. The number of nitrogens with zero attached hydrogens (tertiary/aromatic N) is 1. The van der Waals surface area contributed by atoms with Gasteiger partial charge < -0.3 is 15.3 Å². The maximum absolute atomic E-state index is 10.3. The standard InChI is InChI=1S/C26H21NO3S/c28-21-11-9-18(10-12-21)17-5-7-19(8-6-17)26-23-4-2-1-3-20(23)16-27(26)31-25-14-13-22(29)15-24(25)30/h1-15,26,28-30H,16H2. The molecule has 0 spiro atoms. The van der Waals surface area contributed by atoms with Gasteiger partial charge >= 0.3 is 0 Å². The third kappa shape index (κ3) is 3.85. The molecular weight excluding hydrogens is 406 g/mol. The molecule has 0 amide bonds. The lowest BCUT2D eigenvalue weighted by atomic mass is 9.96. The summed E-state index contributed by atoms with van der Waals surface area (Å²) < 4.78 is 2.26. The Morgan fingerprint density at radius 3 is 2.06 bits per heavy atom. The highest BCUT2D eigenvalue weighted by molar-refractivity contribution is 7.97. The van der Waals surface area contributed by atoms with Crippen LogP contribution in [-0.4, -0.2) is 19.6 Å². The van der Waals surface area contributed by atoms with E-state index in [0.717, 1.165) is 17.7 Å². The Bertz CT molecular complexity index is 1220. The van der Waals surface area contributed by atoms with E-state index in [1.54, 1.807) is 24.3 Å². The van der Waals surface area contributed by atoms with Crippen LogP contribution in [0, 0.1) is 0 Å². The van der Waals surface area contributed by atoms with Crippen LogP contribution in [-0.2, 0) is 6.54 Å². The zero-order valence-corrected chi connectivity index (χ0v) is 17.5. The van der Waals surface area contributed by atoms with Crippen molar-refractivity contribution in [1.29, 1.82) is 0 Å². The predicted octanol–water partition coefficient (Wildman–Crippen LogP) is 6.08. The molecule has 0 aromatic heterocycles. The van der Waals surface area contributed by atoms with E-state index in [2.05, 4.69) is 52.8 Å². The fourth-order valence-corrected chi connectivity index (χ4v) is 5.09. The van der Waals surface area contributed by atoms with Gasteiger partial charge in [0.1, 0.15) is 17.2 Å². The summed E-state index contributed by atoms with van der Waals surface area (Å²) in [6, 6.07) is 28.8. The van der Waals surface area contributed by atoms with Gasteiger partial charge in [0.2, 0.25) is 0 Å². The normalized spacial score (nSPS) is 15.7. The van der Waals surface area contributed by atoms with Gasteiger partial charge in [0, 0.05) is 12.6 Å². The third-order valence-electron chi connectivity index (χ3n) is 5.55. The zero-order valence-electron chi connectivity index (χ0n) is 16.6. The summed E-state index contributed by atoms with van der Waals surface area (Å²) in [6.07, 6.45) is 0. The number of phenolic OH excluding ortho intramolecular Hbond substituents is 3. The van der Waals surface area contributed by atoms with Gasteiger partial charge in [-0.3, -0.25) is 0 Å². The van der Waals surface area contributed by atoms with E-state index in [1.165, 1.54) is 34.7 Å². The molecule has 4 aromatic carbocycles. The van der Waals surface area contributed by atoms with E-state index in [1.807, 2.05) is 12.1 Å². The largest absolute Gasteiger partial charge is 0.508 e. The lowest BCUT2D eigenvalue weighted by Crippen LogP contribution is -2.15. The molecule has 1 heterocycles. The first-order chi connectivity index (χ1) is 15.1. The minimum absolute atomic E-state index is 0.0447. The van der Waals surface area contributed by atoms with Crippen molar-refractivity contribution >= 4 is 11.9 Å². The second-order valence-corrected chi connectivity index (χ2v) is 8.68. The van der Waals surface area contributed by atoms with Crippen molar-refractivity contribution in [3.63, 3.8) is 0 Å². The molecule has 0 aliphatic carbocycles. The lowest BCUT2D eigenvalue weighted by molar-refractivity contribution is 0.430. The van der Waals surface area contributed by atoms with Crippen molar-refractivity contribution in [2.45, 2.75) is 17.5 Å². The molecule has 5 rings (SSSR count). The summed E-state index contributed by atoms with van der Waals surface area (Å²) in [5.74, 6) is 0.378. The molecule has 0 fully saturated rings. The predicted molar refractivity (Wildman–Crippen MR) is 123 cm³/mol. The number of phenols is 3. The Labute approximate surface area is 185 Å². The minimum atomic E-state index is 0.0447. The maximum atomic E-state index is 10.3. The van der Waals surface area contributed by atoms with Gasteiger partial charge in [0.15, 0.2) is 0 Å². The molecule has 1 atom stereocenters. The molecule has 0 radical (unpaired) electrons. The molecule has 0 saturated carbocycles. The second-order valence-electron chi connectivity index (χ2n) is 7.59. The van der Waals surface area contributed by atoms with Crippen LogP contribution < -0.4 is 0 Å². The minimum Gasteiger partial charge on any atom is -0.508 e. The van der Waals surface area contributed by atoms with Crippen LogP contribution in [0.4, 0.5) is 0 Å². The molecule has 5 heteroatoms. The van der Waals surface area contributed by atoms with E-state index >= 15 is 0 Å².